The molecule has 0 radical (unpaired) electrons. The minimum atomic E-state index is 0. The van der Waals surface area contributed by atoms with Crippen molar-refractivity contribution < 1.29 is 79.7 Å². The molecule has 3 nitrogen and oxygen atoms in total. The van der Waals surface area contributed by atoms with Gasteiger partial charge < -0.3 is 16.4 Å². The third-order valence-electron chi connectivity index (χ3n) is 0. The smallest absolute Gasteiger partial charge is 2.00 e. The first kappa shape index (κ1) is 103. The fraction of sp³-hybridized carbons (Fsp3) is 0. The standard InChI is InChI=1S/Cd.Ni.3O.Zn/q2*+2;3*-2;+2. The number of hydrogen-bond acceptors (Lipinski definition) is 0. The van der Waals surface area contributed by atoms with E-state index < -0.39 is 0 Å². The summed E-state index contributed by atoms with van der Waals surface area (Å²) in [6.07, 6.45) is 0. The average Bonchev–Trinajstić information content (AvgIpc) is 0. The van der Waals surface area contributed by atoms with E-state index in [0.717, 1.165) is 0 Å². The normalized spacial score (nSPS) is 0. The summed E-state index contributed by atoms with van der Waals surface area (Å²) in [6, 6.07) is 0. The SMILES string of the molecule is [Cd+2].[Ni+2].[O-2].[O-2].[O-2].[Zn+2]. The van der Waals surface area contributed by atoms with Gasteiger partial charge in [-0.15, -0.1) is 0 Å². The summed E-state index contributed by atoms with van der Waals surface area (Å²) in [5.41, 5.74) is 0. The summed E-state index contributed by atoms with van der Waals surface area (Å²) < 4.78 is 0. The number of rotatable bonds is 0. The molecule has 0 bridgehead atoms. The van der Waals surface area contributed by atoms with Crippen LogP contribution in [0.2, 0.25) is 0 Å². The maximum atomic E-state index is 0. The molecular formula is CdNiO3Zn. The van der Waals surface area contributed by atoms with E-state index in [0.29, 0.717) is 0 Å². The molecular weight excluding hydrogens is 284 g/mol. The van der Waals surface area contributed by atoms with Crippen LogP contribution in [0, 0.1) is 0 Å². The summed E-state index contributed by atoms with van der Waals surface area (Å²) in [5.74, 6) is 0. The average molecular weight is 284 g/mol. The zero-order valence-electron chi connectivity index (χ0n) is 2.96. The molecule has 0 rings (SSSR count). The fourth-order valence-electron chi connectivity index (χ4n) is 0. The summed E-state index contributed by atoms with van der Waals surface area (Å²) in [5, 5.41) is 0. The van der Waals surface area contributed by atoms with Crippen molar-refractivity contribution in [3.8, 4) is 0 Å². The summed E-state index contributed by atoms with van der Waals surface area (Å²) in [4.78, 5) is 0. The minimum absolute atomic E-state index is 0. The van der Waals surface area contributed by atoms with Gasteiger partial charge in [-0.25, -0.2) is 0 Å². The first-order chi connectivity index (χ1) is 0. The molecule has 0 aromatic carbocycles. The van der Waals surface area contributed by atoms with Gasteiger partial charge in [-0.2, -0.15) is 0 Å². The van der Waals surface area contributed by atoms with Crippen molar-refractivity contribution in [2.75, 3.05) is 0 Å². The second-order valence-electron chi connectivity index (χ2n) is 0. The molecule has 0 aromatic heterocycles. The van der Waals surface area contributed by atoms with E-state index in [1.807, 2.05) is 0 Å². The van der Waals surface area contributed by atoms with Crippen molar-refractivity contribution in [2.45, 2.75) is 0 Å². The second-order valence-corrected chi connectivity index (χ2v) is 0. The van der Waals surface area contributed by atoms with Gasteiger partial charge in [-0.05, 0) is 0 Å². The fourth-order valence-corrected chi connectivity index (χ4v) is 0. The van der Waals surface area contributed by atoms with E-state index >= 15 is 0 Å². The Bertz CT molecular complexity index is 10.8. The van der Waals surface area contributed by atoms with E-state index in [1.54, 1.807) is 0 Å². The largest absolute Gasteiger partial charge is 2.00 e. The molecule has 0 saturated heterocycles. The van der Waals surface area contributed by atoms with Crippen LogP contribution in [-0.4, -0.2) is 0 Å². The van der Waals surface area contributed by atoms with Crippen molar-refractivity contribution in [2.24, 2.45) is 0 Å². The molecule has 0 saturated carbocycles. The molecule has 0 heterocycles. The molecule has 0 unspecified atom stereocenters. The van der Waals surface area contributed by atoms with Gasteiger partial charge in [0.1, 0.15) is 0 Å². The van der Waals surface area contributed by atoms with Crippen LogP contribution in [0.5, 0.6) is 0 Å². The van der Waals surface area contributed by atoms with Gasteiger partial charge in [-0.1, -0.05) is 0 Å². The molecule has 0 fully saturated rings. The Morgan fingerprint density at radius 3 is 0.667 bits per heavy atom. The van der Waals surface area contributed by atoms with E-state index in [1.165, 1.54) is 0 Å². The monoisotopic (exact) mass is 284 g/mol. The van der Waals surface area contributed by atoms with Crippen LogP contribution in [0.15, 0.2) is 0 Å². The summed E-state index contributed by atoms with van der Waals surface area (Å²) in [6.45, 7) is 0. The molecule has 6 heavy (non-hydrogen) atoms. The summed E-state index contributed by atoms with van der Waals surface area (Å²) >= 11 is 0. The Morgan fingerprint density at radius 1 is 0.667 bits per heavy atom. The molecule has 0 aliphatic rings. The minimum Gasteiger partial charge on any atom is -2.00 e. The second kappa shape index (κ2) is 65.8. The predicted octanol–water partition coefficient (Wildman–Crippen LogP) is -0.364. The Hall–Kier alpha value is 1.92. The third-order valence-corrected chi connectivity index (χ3v) is 0. The molecule has 0 N–H and O–H groups in total. The van der Waals surface area contributed by atoms with E-state index in [2.05, 4.69) is 0 Å². The Morgan fingerprint density at radius 2 is 0.667 bits per heavy atom. The Balaban J connectivity index is 0. The molecule has 0 atom stereocenters. The van der Waals surface area contributed by atoms with Gasteiger partial charge >= 0.3 is 63.3 Å². The maximum Gasteiger partial charge on any atom is 2.00 e. The van der Waals surface area contributed by atoms with Gasteiger partial charge in [0.05, 0.1) is 0 Å². The zero-order chi connectivity index (χ0) is 0. The van der Waals surface area contributed by atoms with Gasteiger partial charge in [0.2, 0.25) is 0 Å². The van der Waals surface area contributed by atoms with E-state index in [9.17, 15) is 0 Å². The summed E-state index contributed by atoms with van der Waals surface area (Å²) in [7, 11) is 0. The molecule has 0 aliphatic carbocycles. The third kappa shape index (κ3) is 38.9. The quantitative estimate of drug-likeness (QED) is 0.544. The van der Waals surface area contributed by atoms with Crippen LogP contribution in [0.3, 0.4) is 0 Å². The van der Waals surface area contributed by atoms with Crippen LogP contribution in [0.4, 0.5) is 0 Å². The van der Waals surface area contributed by atoms with Crippen LogP contribution in [0.1, 0.15) is 0 Å². The van der Waals surface area contributed by atoms with E-state index in [4.69, 9.17) is 0 Å². The van der Waals surface area contributed by atoms with Crippen molar-refractivity contribution in [1.82, 2.24) is 0 Å². The van der Waals surface area contributed by atoms with E-state index in [-0.39, 0.29) is 79.7 Å². The van der Waals surface area contributed by atoms with Crippen LogP contribution in [-0.2, 0) is 79.7 Å². The van der Waals surface area contributed by atoms with Gasteiger partial charge in [0.25, 0.3) is 0 Å². The molecule has 0 spiro atoms. The Kier molecular flexibility index (Phi) is 1130. The van der Waals surface area contributed by atoms with Crippen LogP contribution in [0.25, 0.3) is 0 Å². The van der Waals surface area contributed by atoms with Gasteiger partial charge in [0, 0.05) is 0 Å². The molecule has 6 heteroatoms. The Labute approximate surface area is 79.0 Å². The van der Waals surface area contributed by atoms with Crippen LogP contribution < -0.4 is 0 Å². The molecule has 0 amide bonds. The molecule has 32 valence electrons. The van der Waals surface area contributed by atoms with Crippen molar-refractivity contribution in [3.63, 3.8) is 0 Å². The van der Waals surface area contributed by atoms with Gasteiger partial charge in [-0.3, -0.25) is 0 Å². The zero-order valence-corrected chi connectivity index (χ0v) is 10.9. The van der Waals surface area contributed by atoms with Crippen molar-refractivity contribution in [3.05, 3.63) is 0 Å². The van der Waals surface area contributed by atoms with Gasteiger partial charge in [0.15, 0.2) is 0 Å². The van der Waals surface area contributed by atoms with Crippen molar-refractivity contribution >= 4 is 0 Å². The number of hydrogen-bond donors (Lipinski definition) is 0. The van der Waals surface area contributed by atoms with Crippen LogP contribution >= 0.6 is 0 Å². The topological polar surface area (TPSA) is 85.5 Å². The first-order valence-electron chi connectivity index (χ1n) is 0. The van der Waals surface area contributed by atoms with Crippen molar-refractivity contribution in [1.29, 1.82) is 0 Å². The molecule has 0 aliphatic heterocycles. The molecule has 0 aromatic rings. The predicted molar refractivity (Wildman–Crippen MR) is 2.06 cm³/mol. The maximum absolute atomic E-state index is 0. The first-order valence-corrected chi connectivity index (χ1v) is 0.